The first kappa shape index (κ1) is 43.9. The van der Waals surface area contributed by atoms with Crippen molar-refractivity contribution in [2.75, 3.05) is 23.8 Å². The Morgan fingerprint density at radius 3 is 2.19 bits per heavy atom. The summed E-state index contributed by atoms with van der Waals surface area (Å²) in [5, 5.41) is 16.4. The van der Waals surface area contributed by atoms with Gasteiger partial charge in [-0.05, 0) is 37.8 Å². The first-order valence-corrected chi connectivity index (χ1v) is 19.0. The number of aliphatic hydroxyl groups excluding tert-OH is 1. The second-order valence-electron chi connectivity index (χ2n) is 14.2. The largest absolute Gasteiger partial charge is 0.474 e. The van der Waals surface area contributed by atoms with Crippen LogP contribution in [-0.2, 0) is 17.8 Å². The molecule has 304 valence electrons. The van der Waals surface area contributed by atoms with Crippen LogP contribution in [-0.4, -0.2) is 61.2 Å². The first-order chi connectivity index (χ1) is 27.4. The fraction of sp³-hybridized carbons (Fsp3) is 0.381. The Bertz CT molecular complexity index is 2070. The standard InChI is InChI=1S/C21H26FN5O.C13H16F2N2O.C8H11N3/c1-3-4-10-21(2,14-28)27-19-18-17(11-16(22)13-23-18)25-20(26-19)24-12-15-8-6-5-7-9-15;1-3-4-5-13(2)8-18-12(17-13)11-10(15)6-9(14)7-16-11;9-8(10)11-6-7-4-2-1-3-5-7/h5-9,11,13,28H,3-4,10,12,14H2,1-2H3,(H2,24,25,26,27);6-7H,3-5,8H2,1-2H3;1-5H,6H2,(H4,9,10,11)/t21-;13-;/m11./s1. The van der Waals surface area contributed by atoms with Crippen molar-refractivity contribution in [2.24, 2.45) is 21.5 Å². The molecular formula is C42H53F3N10O2. The lowest BCUT2D eigenvalue weighted by Crippen LogP contribution is -2.39. The molecule has 6 rings (SSSR count). The zero-order chi connectivity index (χ0) is 41.3. The summed E-state index contributed by atoms with van der Waals surface area (Å²) in [5.74, 6) is -0.741. The molecule has 1 aliphatic heterocycles. The number of nitrogens with zero attached hydrogens (tertiary/aromatic N) is 6. The summed E-state index contributed by atoms with van der Waals surface area (Å²) in [6.45, 7) is 9.59. The van der Waals surface area contributed by atoms with Crippen molar-refractivity contribution in [3.05, 3.63) is 119 Å². The quantitative estimate of drug-likeness (QED) is 0.0522. The molecule has 4 heterocycles. The maximum absolute atomic E-state index is 13.7. The van der Waals surface area contributed by atoms with Gasteiger partial charge < -0.3 is 31.9 Å². The number of unbranched alkanes of at least 4 members (excludes halogenated alkanes) is 2. The Labute approximate surface area is 332 Å². The molecule has 0 unspecified atom stereocenters. The van der Waals surface area contributed by atoms with E-state index < -0.39 is 23.0 Å². The second kappa shape index (κ2) is 21.5. The van der Waals surface area contributed by atoms with Gasteiger partial charge in [0.25, 0.3) is 0 Å². The Morgan fingerprint density at radius 1 is 0.912 bits per heavy atom. The number of ether oxygens (including phenoxy) is 1. The van der Waals surface area contributed by atoms with Gasteiger partial charge in [0, 0.05) is 18.7 Å². The Kier molecular flexibility index (Phi) is 16.5. The number of nitrogens with one attached hydrogen (secondary N) is 2. The van der Waals surface area contributed by atoms with Crippen LogP contribution < -0.4 is 22.1 Å². The number of hydrogen-bond acceptors (Lipinski definition) is 10. The van der Waals surface area contributed by atoms with Crippen molar-refractivity contribution < 1.29 is 23.0 Å². The number of halogens is 3. The van der Waals surface area contributed by atoms with Crippen LogP contribution in [0.3, 0.4) is 0 Å². The summed E-state index contributed by atoms with van der Waals surface area (Å²) in [7, 11) is 0. The summed E-state index contributed by atoms with van der Waals surface area (Å²) < 4.78 is 45.4. The lowest BCUT2D eigenvalue weighted by atomic mass is 9.96. The van der Waals surface area contributed by atoms with Gasteiger partial charge in [-0.1, -0.05) is 100 Å². The zero-order valence-electron chi connectivity index (χ0n) is 33.0. The summed E-state index contributed by atoms with van der Waals surface area (Å²) >= 11 is 0. The van der Waals surface area contributed by atoms with Gasteiger partial charge in [0.2, 0.25) is 11.8 Å². The van der Waals surface area contributed by atoms with E-state index in [2.05, 4.69) is 54.4 Å². The normalized spacial score (nSPS) is 15.5. The average Bonchev–Trinajstić information content (AvgIpc) is 3.60. The van der Waals surface area contributed by atoms with Gasteiger partial charge in [0.15, 0.2) is 23.3 Å². The maximum atomic E-state index is 13.7. The molecule has 0 spiro atoms. The van der Waals surface area contributed by atoms with E-state index >= 15 is 0 Å². The van der Waals surface area contributed by atoms with Crippen LogP contribution in [0.25, 0.3) is 11.0 Å². The lowest BCUT2D eigenvalue weighted by molar-refractivity contribution is 0.212. The predicted octanol–water partition coefficient (Wildman–Crippen LogP) is 7.67. The molecule has 0 amide bonds. The van der Waals surface area contributed by atoms with E-state index in [0.29, 0.717) is 42.5 Å². The molecule has 15 heteroatoms. The molecule has 2 aromatic carbocycles. The van der Waals surface area contributed by atoms with Gasteiger partial charge in [0.05, 0.1) is 42.1 Å². The third kappa shape index (κ3) is 14.0. The minimum Gasteiger partial charge on any atom is -0.474 e. The van der Waals surface area contributed by atoms with Crippen LogP contribution in [0.15, 0.2) is 95.2 Å². The SMILES string of the molecule is CCCC[C@](C)(CO)Nc1nc(NCc2ccccc2)nc2cc(F)cnc12.CCCC[C@]1(C)COC(c2ncc(F)cc2F)=N1.NC(N)=NCc1ccccc1. The predicted molar refractivity (Wildman–Crippen MR) is 220 cm³/mol. The van der Waals surface area contributed by atoms with E-state index in [4.69, 9.17) is 16.2 Å². The molecule has 0 fully saturated rings. The van der Waals surface area contributed by atoms with Crippen molar-refractivity contribution in [3.8, 4) is 0 Å². The van der Waals surface area contributed by atoms with Crippen molar-refractivity contribution in [1.29, 1.82) is 0 Å². The number of fused-ring (bicyclic) bond motifs is 1. The van der Waals surface area contributed by atoms with Crippen molar-refractivity contribution >= 4 is 34.7 Å². The molecule has 2 atom stereocenters. The molecule has 1 aliphatic rings. The molecule has 0 aliphatic carbocycles. The monoisotopic (exact) mass is 786 g/mol. The number of benzene rings is 2. The molecule has 0 saturated carbocycles. The van der Waals surface area contributed by atoms with E-state index in [1.165, 1.54) is 6.07 Å². The van der Waals surface area contributed by atoms with E-state index in [-0.39, 0.29) is 29.7 Å². The molecule has 5 aromatic rings. The Morgan fingerprint density at radius 2 is 1.56 bits per heavy atom. The molecule has 0 saturated heterocycles. The van der Waals surface area contributed by atoms with Gasteiger partial charge in [-0.2, -0.15) is 4.98 Å². The Balaban J connectivity index is 0.000000211. The van der Waals surface area contributed by atoms with E-state index in [9.17, 15) is 18.3 Å². The van der Waals surface area contributed by atoms with E-state index in [0.717, 1.165) is 68.1 Å². The molecule has 57 heavy (non-hydrogen) atoms. The molecule has 0 radical (unpaired) electrons. The fourth-order valence-corrected chi connectivity index (χ4v) is 5.65. The number of anilines is 2. The van der Waals surface area contributed by atoms with Crippen LogP contribution >= 0.6 is 0 Å². The van der Waals surface area contributed by atoms with Crippen LogP contribution in [0.1, 0.15) is 83.0 Å². The highest BCUT2D eigenvalue weighted by Gasteiger charge is 2.33. The third-order valence-corrected chi connectivity index (χ3v) is 8.90. The Hall–Kier alpha value is -5.83. The van der Waals surface area contributed by atoms with Crippen LogP contribution in [0.5, 0.6) is 0 Å². The minimum absolute atomic E-state index is 0.0170. The van der Waals surface area contributed by atoms with Crippen molar-refractivity contribution in [2.45, 2.75) is 90.4 Å². The van der Waals surface area contributed by atoms with Gasteiger partial charge in [-0.25, -0.2) is 38.1 Å². The van der Waals surface area contributed by atoms with Gasteiger partial charge in [-0.3, -0.25) is 0 Å². The van der Waals surface area contributed by atoms with E-state index in [1.807, 2.05) is 74.5 Å². The van der Waals surface area contributed by atoms with Crippen LogP contribution in [0.2, 0.25) is 0 Å². The highest BCUT2D eigenvalue weighted by atomic mass is 19.1. The highest BCUT2D eigenvalue weighted by Crippen LogP contribution is 2.28. The number of aromatic nitrogens is 4. The number of hydrogen-bond donors (Lipinski definition) is 5. The van der Waals surface area contributed by atoms with Crippen molar-refractivity contribution in [3.63, 3.8) is 0 Å². The molecule has 12 nitrogen and oxygen atoms in total. The number of pyridine rings is 2. The smallest absolute Gasteiger partial charge is 0.239 e. The van der Waals surface area contributed by atoms with Crippen LogP contribution in [0, 0.1) is 17.5 Å². The van der Waals surface area contributed by atoms with Crippen molar-refractivity contribution in [1.82, 2.24) is 19.9 Å². The topological polar surface area (TPSA) is 182 Å². The summed E-state index contributed by atoms with van der Waals surface area (Å²) in [5.41, 5.74) is 12.5. The van der Waals surface area contributed by atoms with Crippen LogP contribution in [0.4, 0.5) is 24.9 Å². The van der Waals surface area contributed by atoms with Gasteiger partial charge in [-0.15, -0.1) is 0 Å². The third-order valence-electron chi connectivity index (χ3n) is 8.90. The number of nitrogens with two attached hydrogens (primary N) is 2. The number of aliphatic imine (C=N–C) groups is 2. The van der Waals surface area contributed by atoms with Gasteiger partial charge >= 0.3 is 0 Å². The van der Waals surface area contributed by atoms with Gasteiger partial charge in [0.1, 0.15) is 23.8 Å². The minimum atomic E-state index is -0.742. The molecule has 0 bridgehead atoms. The molecular weight excluding hydrogens is 734 g/mol. The summed E-state index contributed by atoms with van der Waals surface area (Å²) in [6, 6.07) is 21.8. The second-order valence-corrected chi connectivity index (χ2v) is 14.2. The summed E-state index contributed by atoms with van der Waals surface area (Å²) in [4.78, 5) is 25.1. The first-order valence-electron chi connectivity index (χ1n) is 19.0. The molecule has 7 N–H and O–H groups in total. The molecule has 3 aromatic heterocycles. The fourth-order valence-electron chi connectivity index (χ4n) is 5.65. The zero-order valence-corrected chi connectivity index (χ0v) is 33.0. The van der Waals surface area contributed by atoms with E-state index in [1.54, 1.807) is 0 Å². The average molecular weight is 787 g/mol. The maximum Gasteiger partial charge on any atom is 0.239 e. The number of rotatable bonds is 15. The highest BCUT2D eigenvalue weighted by molar-refractivity contribution is 5.93. The summed E-state index contributed by atoms with van der Waals surface area (Å²) in [6.07, 6.45) is 7.88. The number of guanidine groups is 1. The number of aliphatic hydroxyl groups is 1. The lowest BCUT2D eigenvalue weighted by Gasteiger charge is -2.29.